The summed E-state index contributed by atoms with van der Waals surface area (Å²) >= 11 is 7.89. The predicted octanol–water partition coefficient (Wildman–Crippen LogP) is 4.88. The summed E-state index contributed by atoms with van der Waals surface area (Å²) in [6, 6.07) is 10.3. The Bertz CT molecular complexity index is 478. The molecule has 84 valence electrons. The van der Waals surface area contributed by atoms with Gasteiger partial charge in [0, 0.05) is 4.88 Å². The van der Waals surface area contributed by atoms with Gasteiger partial charge in [0.1, 0.15) is 0 Å². The van der Waals surface area contributed by atoms with E-state index >= 15 is 0 Å². The third kappa shape index (κ3) is 2.39. The van der Waals surface area contributed by atoms with Crippen molar-refractivity contribution in [1.29, 1.82) is 0 Å². The van der Waals surface area contributed by atoms with Crippen LogP contribution in [0.15, 0.2) is 35.7 Å². The van der Waals surface area contributed by atoms with Crippen molar-refractivity contribution in [2.24, 2.45) is 0 Å². The molecule has 0 aliphatic heterocycles. The van der Waals surface area contributed by atoms with E-state index in [0.717, 1.165) is 10.7 Å². The fraction of sp³-hybridized carbons (Fsp3) is 0.231. The van der Waals surface area contributed by atoms with Gasteiger partial charge >= 0.3 is 0 Å². The average molecular weight is 252 g/mol. The zero-order valence-electron chi connectivity index (χ0n) is 9.33. The van der Waals surface area contributed by atoms with Crippen molar-refractivity contribution < 1.29 is 0 Å². The number of aryl methyl sites for hydroxylation is 1. The van der Waals surface area contributed by atoms with E-state index in [0.29, 0.717) is 6.04 Å². The summed E-state index contributed by atoms with van der Waals surface area (Å²) < 4.78 is 0. The summed E-state index contributed by atoms with van der Waals surface area (Å²) in [4.78, 5) is 1.36. The second-order valence-electron chi connectivity index (χ2n) is 3.81. The van der Waals surface area contributed by atoms with Crippen LogP contribution in [0.5, 0.6) is 0 Å². The quantitative estimate of drug-likeness (QED) is 0.820. The Balaban J connectivity index is 2.17. The second kappa shape index (κ2) is 4.89. The molecule has 0 aliphatic carbocycles. The minimum absolute atomic E-state index is 0.292. The summed E-state index contributed by atoms with van der Waals surface area (Å²) in [5.41, 5.74) is 2.32. The molecule has 1 aromatic heterocycles. The van der Waals surface area contributed by atoms with Crippen LogP contribution in [-0.2, 0) is 0 Å². The monoisotopic (exact) mass is 251 g/mol. The third-order valence-corrected chi connectivity index (χ3v) is 4.07. The maximum absolute atomic E-state index is 6.11. The summed E-state index contributed by atoms with van der Waals surface area (Å²) in [5, 5.41) is 6.32. The molecule has 3 heteroatoms. The first-order valence-electron chi connectivity index (χ1n) is 5.23. The highest BCUT2D eigenvalue weighted by molar-refractivity contribution is 7.10. The van der Waals surface area contributed by atoms with E-state index in [4.69, 9.17) is 11.6 Å². The van der Waals surface area contributed by atoms with Crippen molar-refractivity contribution in [1.82, 2.24) is 0 Å². The molecule has 1 heterocycles. The molecule has 0 amide bonds. The van der Waals surface area contributed by atoms with Crippen LogP contribution in [0.1, 0.15) is 23.4 Å². The maximum Gasteiger partial charge on any atom is 0.0637 e. The molecular formula is C13H14ClNS. The first-order chi connectivity index (χ1) is 7.68. The first-order valence-corrected chi connectivity index (χ1v) is 6.49. The van der Waals surface area contributed by atoms with Crippen LogP contribution in [-0.4, -0.2) is 0 Å². The minimum atomic E-state index is 0.292. The number of hydrogen-bond donors (Lipinski definition) is 1. The number of nitrogens with one attached hydrogen (secondary N) is 1. The van der Waals surface area contributed by atoms with Crippen molar-refractivity contribution in [2.45, 2.75) is 19.9 Å². The molecule has 0 saturated heterocycles. The van der Waals surface area contributed by atoms with Crippen molar-refractivity contribution in [3.8, 4) is 0 Å². The number of hydrogen-bond acceptors (Lipinski definition) is 2. The van der Waals surface area contributed by atoms with Crippen molar-refractivity contribution in [2.75, 3.05) is 5.32 Å². The molecule has 0 radical (unpaired) electrons. The number of para-hydroxylation sites is 1. The molecule has 0 fully saturated rings. The molecule has 0 aliphatic rings. The fourth-order valence-electron chi connectivity index (χ4n) is 1.71. The van der Waals surface area contributed by atoms with Gasteiger partial charge in [0.05, 0.1) is 16.8 Å². The maximum atomic E-state index is 6.11. The Morgan fingerprint density at radius 3 is 2.62 bits per heavy atom. The zero-order valence-corrected chi connectivity index (χ0v) is 10.9. The molecule has 1 nitrogen and oxygen atoms in total. The van der Waals surface area contributed by atoms with Gasteiger partial charge in [0.2, 0.25) is 0 Å². The summed E-state index contributed by atoms with van der Waals surface area (Å²) in [5.74, 6) is 0. The molecule has 16 heavy (non-hydrogen) atoms. The normalized spacial score (nSPS) is 12.4. The molecule has 1 atom stereocenters. The van der Waals surface area contributed by atoms with Gasteiger partial charge in [-0.25, -0.2) is 0 Å². The molecule has 1 aromatic carbocycles. The number of rotatable bonds is 3. The Hall–Kier alpha value is -0.990. The van der Waals surface area contributed by atoms with E-state index in [1.54, 1.807) is 11.3 Å². The largest absolute Gasteiger partial charge is 0.376 e. The topological polar surface area (TPSA) is 12.0 Å². The lowest BCUT2D eigenvalue weighted by Crippen LogP contribution is -2.06. The van der Waals surface area contributed by atoms with E-state index in [1.165, 1.54) is 10.4 Å². The van der Waals surface area contributed by atoms with Crippen LogP contribution >= 0.6 is 22.9 Å². The van der Waals surface area contributed by atoms with Gasteiger partial charge in [0.15, 0.2) is 0 Å². The molecule has 0 saturated carbocycles. The summed E-state index contributed by atoms with van der Waals surface area (Å²) in [6.07, 6.45) is 0. The minimum Gasteiger partial charge on any atom is -0.376 e. The molecule has 1 unspecified atom stereocenters. The number of halogens is 1. The van der Waals surface area contributed by atoms with E-state index < -0.39 is 0 Å². The highest BCUT2D eigenvalue weighted by atomic mass is 35.5. The van der Waals surface area contributed by atoms with Crippen LogP contribution in [0.2, 0.25) is 5.02 Å². The molecule has 2 rings (SSSR count). The van der Waals surface area contributed by atoms with Gasteiger partial charge in [-0.1, -0.05) is 23.7 Å². The van der Waals surface area contributed by atoms with Gasteiger partial charge in [-0.2, -0.15) is 0 Å². The number of anilines is 1. The third-order valence-electron chi connectivity index (χ3n) is 2.54. The number of benzene rings is 1. The Morgan fingerprint density at radius 2 is 2.00 bits per heavy atom. The Kier molecular flexibility index (Phi) is 3.52. The SMILES string of the molecule is Cc1ccsc1C(C)Nc1ccccc1Cl. The van der Waals surface area contributed by atoms with Crippen LogP contribution in [0.4, 0.5) is 5.69 Å². The van der Waals surface area contributed by atoms with Crippen LogP contribution in [0, 0.1) is 6.92 Å². The van der Waals surface area contributed by atoms with Gasteiger partial charge in [-0.15, -0.1) is 11.3 Å². The Labute approximate surface area is 105 Å². The number of thiophene rings is 1. The first kappa shape index (κ1) is 11.5. The molecule has 1 N–H and O–H groups in total. The van der Waals surface area contributed by atoms with E-state index in [2.05, 4.69) is 30.6 Å². The van der Waals surface area contributed by atoms with Crippen molar-refractivity contribution in [3.63, 3.8) is 0 Å². The molecule has 0 bridgehead atoms. The zero-order chi connectivity index (χ0) is 11.5. The summed E-state index contributed by atoms with van der Waals surface area (Å²) in [7, 11) is 0. The van der Waals surface area contributed by atoms with Gasteiger partial charge in [-0.3, -0.25) is 0 Å². The van der Waals surface area contributed by atoms with Crippen LogP contribution in [0.25, 0.3) is 0 Å². The van der Waals surface area contributed by atoms with E-state index in [1.807, 2.05) is 24.3 Å². The average Bonchev–Trinajstić information content (AvgIpc) is 2.68. The molecule has 0 spiro atoms. The highest BCUT2D eigenvalue weighted by Crippen LogP contribution is 2.29. The lowest BCUT2D eigenvalue weighted by atomic mass is 10.2. The lowest BCUT2D eigenvalue weighted by Gasteiger charge is -2.15. The predicted molar refractivity (Wildman–Crippen MR) is 72.5 cm³/mol. The van der Waals surface area contributed by atoms with E-state index in [9.17, 15) is 0 Å². The Morgan fingerprint density at radius 1 is 1.25 bits per heavy atom. The van der Waals surface area contributed by atoms with Gasteiger partial charge in [-0.05, 0) is 43.0 Å². The van der Waals surface area contributed by atoms with Crippen LogP contribution < -0.4 is 5.32 Å². The highest BCUT2D eigenvalue weighted by Gasteiger charge is 2.10. The van der Waals surface area contributed by atoms with Crippen molar-refractivity contribution in [3.05, 3.63) is 51.2 Å². The van der Waals surface area contributed by atoms with Crippen molar-refractivity contribution >= 4 is 28.6 Å². The smallest absolute Gasteiger partial charge is 0.0637 e. The summed E-state index contributed by atoms with van der Waals surface area (Å²) in [6.45, 7) is 4.29. The fourth-order valence-corrected chi connectivity index (χ4v) is 2.83. The lowest BCUT2D eigenvalue weighted by molar-refractivity contribution is 0.899. The van der Waals surface area contributed by atoms with Crippen LogP contribution in [0.3, 0.4) is 0 Å². The second-order valence-corrected chi connectivity index (χ2v) is 5.17. The van der Waals surface area contributed by atoms with E-state index in [-0.39, 0.29) is 0 Å². The van der Waals surface area contributed by atoms with Gasteiger partial charge in [0.25, 0.3) is 0 Å². The standard InChI is InChI=1S/C13H14ClNS/c1-9-7-8-16-13(9)10(2)15-12-6-4-3-5-11(12)14/h3-8,10,15H,1-2H3. The molecular weight excluding hydrogens is 238 g/mol. The molecule has 2 aromatic rings. The van der Waals surface area contributed by atoms with Gasteiger partial charge < -0.3 is 5.32 Å².